The molecule has 18 atom stereocenters. The van der Waals surface area contributed by atoms with E-state index in [-0.39, 0.29) is 41.5 Å². The monoisotopic (exact) mass is 1010 g/mol. The third-order valence-corrected chi connectivity index (χ3v) is 20.7. The predicted molar refractivity (Wildman–Crippen MR) is 250 cm³/mol. The van der Waals surface area contributed by atoms with E-state index in [9.17, 15) is 39.4 Å². The zero-order valence-corrected chi connectivity index (χ0v) is 41.3. The van der Waals surface area contributed by atoms with Gasteiger partial charge < -0.3 is 45.1 Å². The van der Waals surface area contributed by atoms with Gasteiger partial charge in [0.25, 0.3) is 5.56 Å². The van der Waals surface area contributed by atoms with Gasteiger partial charge in [0, 0.05) is 43.6 Å². The second-order valence-corrected chi connectivity index (χ2v) is 24.8. The average Bonchev–Trinajstić information content (AvgIpc) is 4.09. The Bertz CT molecular complexity index is 2480. The van der Waals surface area contributed by atoms with Crippen LogP contribution in [0.5, 0.6) is 0 Å². The maximum atomic E-state index is 14.8. The standard InChI is InChI=1S/C46H68N7O14PS/c1-24(28-10-11-29-27-9-8-25-16-26(55)12-14-45(25,2)30(27)17-34(57)46(28,29)3)6-5-7-37(59)63-23-69-68(61,67-39-32(19-54)66-43(40(39)62-4)52-15-13-35(58)51-44(52)60)64-20-33-31(56)18-36(65-33)53-22-50-38-41(47)48-21-49-42(38)53/h13,15,21-22,24-34,36,39-40,43,54-57H,5-12,14,16-20,23H2,1-4H3,(H2,47,48,49)(H,51,58,60)/t24?,25?,26?,27?,28?,29?,30?,31?,32-,33-,34?,36-,39?,40?,43-,45?,46?,68?/m1/s1. The number of fused-ring (bicyclic) bond motifs is 6. The number of rotatable bonds is 17. The molecule has 6 fully saturated rings. The first-order valence-corrected chi connectivity index (χ1v) is 27.6. The summed E-state index contributed by atoms with van der Waals surface area (Å²) in [7, 11) is 1.31. The van der Waals surface area contributed by atoms with Crippen LogP contribution in [0, 0.1) is 46.3 Å². The minimum Gasteiger partial charge on any atom is -0.454 e. The first kappa shape index (κ1) is 50.7. The molecule has 382 valence electrons. The molecule has 23 heteroatoms. The van der Waals surface area contributed by atoms with Crippen LogP contribution >= 0.6 is 18.2 Å². The number of esters is 1. The van der Waals surface area contributed by atoms with Gasteiger partial charge in [-0.2, -0.15) is 0 Å². The second kappa shape index (κ2) is 20.3. The van der Waals surface area contributed by atoms with Crippen molar-refractivity contribution in [3.8, 4) is 0 Å². The van der Waals surface area contributed by atoms with Gasteiger partial charge in [-0.1, -0.05) is 20.8 Å². The van der Waals surface area contributed by atoms with Crippen LogP contribution in [0.3, 0.4) is 0 Å². The number of hydrogen-bond donors (Lipinski definition) is 6. The van der Waals surface area contributed by atoms with Gasteiger partial charge in [0.15, 0.2) is 17.7 Å². The van der Waals surface area contributed by atoms with E-state index in [1.54, 1.807) is 4.57 Å². The lowest BCUT2D eigenvalue weighted by molar-refractivity contribution is -0.175. The molecule has 0 spiro atoms. The van der Waals surface area contributed by atoms with Gasteiger partial charge in [-0.25, -0.2) is 24.3 Å². The number of imidazole rings is 1. The number of ether oxygens (including phenoxy) is 4. The number of H-pyrrole nitrogens is 1. The Morgan fingerprint density at radius 2 is 1.84 bits per heavy atom. The van der Waals surface area contributed by atoms with Crippen LogP contribution in [0.4, 0.5) is 5.82 Å². The summed E-state index contributed by atoms with van der Waals surface area (Å²) >= 11 is 0.577. The lowest BCUT2D eigenvalue weighted by atomic mass is 9.43. The molecule has 6 aliphatic rings. The highest BCUT2D eigenvalue weighted by Gasteiger charge is 2.64. The third-order valence-electron chi connectivity index (χ3n) is 17.4. The average molecular weight is 1010 g/mol. The molecule has 4 saturated carbocycles. The van der Waals surface area contributed by atoms with Crippen LogP contribution in [-0.2, 0) is 37.4 Å². The minimum absolute atomic E-state index is 0.0940. The lowest BCUT2D eigenvalue weighted by Gasteiger charge is -2.62. The topological polar surface area (TPSA) is 295 Å². The zero-order valence-electron chi connectivity index (χ0n) is 39.6. The Labute approximate surface area is 403 Å². The summed E-state index contributed by atoms with van der Waals surface area (Å²) in [5.74, 6) is 1.80. The van der Waals surface area contributed by atoms with E-state index in [4.69, 9.17) is 33.7 Å². The number of aromatic nitrogens is 6. The molecule has 2 saturated heterocycles. The van der Waals surface area contributed by atoms with Crippen molar-refractivity contribution in [1.82, 2.24) is 29.1 Å². The number of hydrogen-bond acceptors (Lipinski definition) is 19. The number of aliphatic hydroxyl groups excluding tert-OH is 4. The fraction of sp³-hybridized carbons (Fsp3) is 0.783. The summed E-state index contributed by atoms with van der Waals surface area (Å²) in [5, 5.41) is 44.0. The highest BCUT2D eigenvalue weighted by Crippen LogP contribution is 2.69. The predicted octanol–water partition coefficient (Wildman–Crippen LogP) is 4.05. The van der Waals surface area contributed by atoms with Gasteiger partial charge in [0.05, 0.1) is 37.9 Å². The number of aliphatic hydroxyl groups is 4. The molecule has 21 nitrogen and oxygen atoms in total. The summed E-state index contributed by atoms with van der Waals surface area (Å²) in [5.41, 5.74) is 5.21. The molecule has 69 heavy (non-hydrogen) atoms. The van der Waals surface area contributed by atoms with E-state index in [2.05, 4.69) is 40.7 Å². The van der Waals surface area contributed by atoms with E-state index in [1.807, 2.05) is 0 Å². The molecule has 0 amide bonds. The molecule has 7 N–H and O–H groups in total. The van der Waals surface area contributed by atoms with Crippen molar-refractivity contribution >= 4 is 41.1 Å². The zero-order chi connectivity index (χ0) is 49.0. The summed E-state index contributed by atoms with van der Waals surface area (Å²) in [6, 6.07) is 1.11. The van der Waals surface area contributed by atoms with Crippen LogP contribution in [0.15, 0.2) is 34.5 Å². The first-order chi connectivity index (χ1) is 33.0. The Morgan fingerprint density at radius 1 is 1.03 bits per heavy atom. The van der Waals surface area contributed by atoms with Gasteiger partial charge in [-0.05, 0) is 111 Å². The Balaban J connectivity index is 0.830. The van der Waals surface area contributed by atoms with Crippen molar-refractivity contribution in [2.75, 3.05) is 32.0 Å². The van der Waals surface area contributed by atoms with Gasteiger partial charge in [-0.15, -0.1) is 0 Å². The number of carbonyl (C=O) groups is 1. The van der Waals surface area contributed by atoms with E-state index >= 15 is 0 Å². The number of aromatic amines is 1. The largest absolute Gasteiger partial charge is 0.454 e. The lowest BCUT2D eigenvalue weighted by Crippen LogP contribution is -2.58. The highest BCUT2D eigenvalue weighted by molar-refractivity contribution is 8.55. The van der Waals surface area contributed by atoms with Crippen molar-refractivity contribution in [3.05, 3.63) is 45.8 Å². The van der Waals surface area contributed by atoms with Crippen molar-refractivity contribution in [1.29, 1.82) is 0 Å². The normalized spacial score (nSPS) is 38.8. The Hall–Kier alpha value is -3.28. The molecule has 0 bridgehead atoms. The third kappa shape index (κ3) is 9.62. The number of nitrogen functional groups attached to an aromatic ring is 1. The van der Waals surface area contributed by atoms with Crippen molar-refractivity contribution in [2.24, 2.45) is 46.3 Å². The number of nitrogens with two attached hydrogens (primary N) is 1. The molecule has 4 aliphatic carbocycles. The van der Waals surface area contributed by atoms with Crippen LogP contribution < -0.4 is 17.0 Å². The highest BCUT2D eigenvalue weighted by atomic mass is 32.7. The van der Waals surface area contributed by atoms with Crippen molar-refractivity contribution < 1.29 is 57.8 Å². The number of methoxy groups -OCH3 is 1. The number of nitrogens with one attached hydrogen (secondary N) is 1. The van der Waals surface area contributed by atoms with E-state index < -0.39 is 92.2 Å². The van der Waals surface area contributed by atoms with E-state index in [0.717, 1.165) is 68.4 Å². The maximum absolute atomic E-state index is 14.8. The van der Waals surface area contributed by atoms with Gasteiger partial charge in [0.1, 0.15) is 48.4 Å². The van der Waals surface area contributed by atoms with E-state index in [0.29, 0.717) is 58.6 Å². The SMILES string of the molecule is COC1C(OP(=O)(OC[C@H]2O[C@@H](n3cnc4c(N)ncnc43)CC2O)SCOC(=O)CCCC(C)C2CCC3C4CCC5CC(O)CCC5(C)C4CC(O)C23C)[C@@H](CO)O[C@H]1n1ccc(=O)[nH]c1=O. The molecule has 3 aromatic heterocycles. The molecule has 0 radical (unpaired) electrons. The van der Waals surface area contributed by atoms with Crippen LogP contribution in [0.25, 0.3) is 11.2 Å². The first-order valence-electron chi connectivity index (χ1n) is 24.4. The molecule has 3 aromatic rings. The summed E-state index contributed by atoms with van der Waals surface area (Å²) in [6.45, 7) is 1.44. The molecular weight excluding hydrogens is 938 g/mol. The number of carbonyl (C=O) groups excluding carboxylic acids is 1. The number of anilines is 1. The summed E-state index contributed by atoms with van der Waals surface area (Å²) in [6.07, 6.45) is 5.11. The molecule has 14 unspecified atom stereocenters. The number of nitrogens with zero attached hydrogens (tertiary/aromatic N) is 5. The van der Waals surface area contributed by atoms with Crippen LogP contribution in [-0.4, -0.2) is 124 Å². The molecule has 5 heterocycles. The van der Waals surface area contributed by atoms with Gasteiger partial charge in [0.2, 0.25) is 0 Å². The van der Waals surface area contributed by atoms with Crippen molar-refractivity contribution in [2.45, 2.75) is 153 Å². The Kier molecular flexibility index (Phi) is 14.9. The fourth-order valence-corrected chi connectivity index (χ4v) is 16.6. The minimum atomic E-state index is -4.44. The molecule has 0 aromatic carbocycles. The second-order valence-electron chi connectivity index (χ2n) is 20.8. The summed E-state index contributed by atoms with van der Waals surface area (Å²) < 4.78 is 53.0. The van der Waals surface area contributed by atoms with E-state index in [1.165, 1.54) is 26.0 Å². The molecular formula is C46H68N7O14PS. The molecule has 2 aliphatic heterocycles. The van der Waals surface area contributed by atoms with Crippen molar-refractivity contribution in [3.63, 3.8) is 0 Å². The van der Waals surface area contributed by atoms with Gasteiger partial charge in [-0.3, -0.25) is 32.8 Å². The Morgan fingerprint density at radius 3 is 2.61 bits per heavy atom. The quantitative estimate of drug-likeness (QED) is 0.0631. The smallest absolute Gasteiger partial charge is 0.392 e. The summed E-state index contributed by atoms with van der Waals surface area (Å²) in [4.78, 5) is 52.6. The van der Waals surface area contributed by atoms with Crippen LogP contribution in [0.2, 0.25) is 0 Å². The van der Waals surface area contributed by atoms with Gasteiger partial charge >= 0.3 is 18.5 Å². The van der Waals surface area contributed by atoms with Crippen LogP contribution in [0.1, 0.15) is 110 Å². The fourth-order valence-electron chi connectivity index (χ4n) is 13.8. The molecule has 9 rings (SSSR count). The maximum Gasteiger partial charge on any atom is 0.392 e.